The maximum atomic E-state index is 12.6. The van der Waals surface area contributed by atoms with Gasteiger partial charge in [-0.1, -0.05) is 44.2 Å². The van der Waals surface area contributed by atoms with Gasteiger partial charge in [0.1, 0.15) is 0 Å². The molecule has 3 rings (SSSR count). The summed E-state index contributed by atoms with van der Waals surface area (Å²) in [7, 11) is 0. The van der Waals surface area contributed by atoms with Crippen molar-refractivity contribution in [2.45, 2.75) is 44.4 Å². The van der Waals surface area contributed by atoms with E-state index >= 15 is 0 Å². The second kappa shape index (κ2) is 5.72. The van der Waals surface area contributed by atoms with Crippen LogP contribution in [0.25, 0.3) is 11.3 Å². The first-order valence-electron chi connectivity index (χ1n) is 7.57. The van der Waals surface area contributed by atoms with E-state index in [1.54, 1.807) is 0 Å². The van der Waals surface area contributed by atoms with Crippen molar-refractivity contribution in [1.82, 2.24) is 4.57 Å². The zero-order chi connectivity index (χ0) is 15.0. The fraction of sp³-hybridized carbons (Fsp3) is 0.389. The van der Waals surface area contributed by atoms with E-state index in [0.29, 0.717) is 17.7 Å². The number of aromatic nitrogens is 1. The molecule has 1 aliphatic rings. The quantitative estimate of drug-likeness (QED) is 0.830. The minimum absolute atomic E-state index is 0.123. The zero-order valence-electron chi connectivity index (χ0n) is 12.5. The van der Waals surface area contributed by atoms with Crippen molar-refractivity contribution in [2.75, 3.05) is 0 Å². The van der Waals surface area contributed by atoms with Crippen molar-refractivity contribution in [2.24, 2.45) is 0 Å². The lowest BCUT2D eigenvalue weighted by atomic mass is 10.0. The van der Waals surface area contributed by atoms with Gasteiger partial charge in [0.05, 0.1) is 5.69 Å². The molecule has 1 aromatic carbocycles. The second-order valence-corrected chi connectivity index (χ2v) is 6.40. The summed E-state index contributed by atoms with van der Waals surface area (Å²) in [6.07, 6.45) is 2.21. The predicted octanol–water partition coefficient (Wildman–Crippen LogP) is 4.40. The third-order valence-corrected chi connectivity index (χ3v) is 4.49. The van der Waals surface area contributed by atoms with E-state index in [-0.39, 0.29) is 5.56 Å². The Balaban J connectivity index is 2.09. The van der Waals surface area contributed by atoms with Crippen LogP contribution >= 0.6 is 12.6 Å². The number of nitrogens with zero attached hydrogens (tertiary/aromatic N) is 1. The molecule has 21 heavy (non-hydrogen) atoms. The third-order valence-electron chi connectivity index (χ3n) is 4.15. The van der Waals surface area contributed by atoms with Crippen molar-refractivity contribution in [1.29, 1.82) is 0 Å². The minimum Gasteiger partial charge on any atom is -0.305 e. The molecule has 1 heterocycles. The average Bonchev–Trinajstić information content (AvgIpc) is 3.31. The van der Waals surface area contributed by atoms with Gasteiger partial charge >= 0.3 is 0 Å². The van der Waals surface area contributed by atoms with Gasteiger partial charge in [0.15, 0.2) is 0 Å². The van der Waals surface area contributed by atoms with Crippen LogP contribution in [0.3, 0.4) is 0 Å². The maximum absolute atomic E-state index is 12.6. The molecule has 1 saturated carbocycles. The van der Waals surface area contributed by atoms with Crippen LogP contribution in [-0.2, 0) is 5.75 Å². The lowest BCUT2D eigenvalue weighted by Crippen LogP contribution is -2.23. The predicted molar refractivity (Wildman–Crippen MR) is 91.2 cm³/mol. The van der Waals surface area contributed by atoms with Gasteiger partial charge in [0.25, 0.3) is 5.56 Å². The third kappa shape index (κ3) is 2.80. The highest BCUT2D eigenvalue weighted by atomic mass is 32.1. The van der Waals surface area contributed by atoms with E-state index in [4.69, 9.17) is 0 Å². The number of rotatable bonds is 4. The fourth-order valence-corrected chi connectivity index (χ4v) is 2.93. The van der Waals surface area contributed by atoms with E-state index < -0.39 is 0 Å². The normalized spacial score (nSPS) is 14.7. The first kappa shape index (κ1) is 14.5. The summed E-state index contributed by atoms with van der Waals surface area (Å²) < 4.78 is 1.97. The molecule has 0 amide bonds. The Hall–Kier alpha value is -1.48. The first-order valence-corrected chi connectivity index (χ1v) is 8.20. The Morgan fingerprint density at radius 3 is 2.33 bits per heavy atom. The van der Waals surface area contributed by atoms with Crippen LogP contribution < -0.4 is 5.56 Å². The zero-order valence-corrected chi connectivity index (χ0v) is 13.4. The van der Waals surface area contributed by atoms with Gasteiger partial charge in [-0.25, -0.2) is 0 Å². The fourth-order valence-electron chi connectivity index (χ4n) is 2.68. The molecule has 2 nitrogen and oxygen atoms in total. The van der Waals surface area contributed by atoms with E-state index in [0.717, 1.165) is 29.7 Å². The average molecular weight is 299 g/mol. The molecule has 0 spiro atoms. The van der Waals surface area contributed by atoms with Crippen LogP contribution in [0.4, 0.5) is 0 Å². The van der Waals surface area contributed by atoms with E-state index in [9.17, 15) is 4.79 Å². The molecule has 0 saturated heterocycles. The van der Waals surface area contributed by atoms with Gasteiger partial charge in [0.2, 0.25) is 0 Å². The van der Waals surface area contributed by atoms with E-state index in [2.05, 4.69) is 56.8 Å². The van der Waals surface area contributed by atoms with Crippen molar-refractivity contribution < 1.29 is 0 Å². The molecule has 1 aromatic heterocycles. The SMILES string of the molecule is CC(C)c1ccc(-c2ccc(CS)c(=O)n2C2CC2)cc1. The number of thiol groups is 1. The second-order valence-electron chi connectivity index (χ2n) is 6.08. The van der Waals surface area contributed by atoms with Crippen molar-refractivity contribution >= 4 is 12.6 Å². The molecule has 0 unspecified atom stereocenters. The topological polar surface area (TPSA) is 22.0 Å². The summed E-state index contributed by atoms with van der Waals surface area (Å²) in [6.45, 7) is 4.38. The van der Waals surface area contributed by atoms with Gasteiger partial charge in [-0.2, -0.15) is 12.6 Å². The molecule has 1 fully saturated rings. The largest absolute Gasteiger partial charge is 0.305 e. The van der Waals surface area contributed by atoms with Crippen LogP contribution in [0, 0.1) is 0 Å². The summed E-state index contributed by atoms with van der Waals surface area (Å²) in [4.78, 5) is 12.6. The summed E-state index contributed by atoms with van der Waals surface area (Å²) in [5.74, 6) is 1.02. The van der Waals surface area contributed by atoms with Crippen LogP contribution in [0.2, 0.25) is 0 Å². The molecular weight excluding hydrogens is 278 g/mol. The summed E-state index contributed by atoms with van der Waals surface area (Å²) in [5, 5.41) is 0. The monoisotopic (exact) mass is 299 g/mol. The maximum Gasteiger partial charge on any atom is 0.255 e. The Labute approximate surface area is 131 Å². The first-order chi connectivity index (χ1) is 10.1. The lowest BCUT2D eigenvalue weighted by molar-refractivity contribution is 0.709. The van der Waals surface area contributed by atoms with Crippen molar-refractivity contribution in [3.8, 4) is 11.3 Å². The van der Waals surface area contributed by atoms with Crippen molar-refractivity contribution in [3.63, 3.8) is 0 Å². The lowest BCUT2D eigenvalue weighted by Gasteiger charge is -2.14. The van der Waals surface area contributed by atoms with Crippen LogP contribution in [0.1, 0.15) is 49.8 Å². The molecule has 0 radical (unpaired) electrons. The van der Waals surface area contributed by atoms with Gasteiger partial charge in [-0.3, -0.25) is 4.79 Å². The molecule has 0 aliphatic heterocycles. The highest BCUT2D eigenvalue weighted by molar-refractivity contribution is 7.79. The van der Waals surface area contributed by atoms with Gasteiger partial charge in [0, 0.05) is 17.4 Å². The van der Waals surface area contributed by atoms with E-state index in [1.165, 1.54) is 5.56 Å². The van der Waals surface area contributed by atoms with Crippen molar-refractivity contribution in [3.05, 3.63) is 57.9 Å². The Kier molecular flexibility index (Phi) is 3.94. The number of pyridine rings is 1. The van der Waals surface area contributed by atoms with Gasteiger partial charge in [-0.05, 0) is 36.0 Å². The van der Waals surface area contributed by atoms with Gasteiger partial charge in [-0.15, -0.1) is 0 Å². The summed E-state index contributed by atoms with van der Waals surface area (Å²) in [6, 6.07) is 12.9. The standard InChI is InChI=1S/C18H21NOS/c1-12(2)13-3-5-14(6-4-13)17-10-7-15(11-21)18(20)19(17)16-8-9-16/h3-7,10,12,16,21H,8-9,11H2,1-2H3. The molecule has 1 aliphatic carbocycles. The molecule has 2 aromatic rings. The summed E-state index contributed by atoms with van der Waals surface area (Å²) in [5.41, 5.74) is 4.38. The van der Waals surface area contributed by atoms with Crippen LogP contribution in [-0.4, -0.2) is 4.57 Å². The highest BCUT2D eigenvalue weighted by Gasteiger charge is 2.27. The van der Waals surface area contributed by atoms with E-state index in [1.807, 2.05) is 10.6 Å². The number of hydrogen-bond donors (Lipinski definition) is 1. The Bertz CT molecular complexity index is 696. The molecule has 3 heteroatoms. The molecule has 110 valence electrons. The molecule has 0 bridgehead atoms. The highest BCUT2D eigenvalue weighted by Crippen LogP contribution is 2.37. The van der Waals surface area contributed by atoms with Gasteiger partial charge < -0.3 is 4.57 Å². The Morgan fingerprint density at radius 2 is 1.81 bits per heavy atom. The molecule has 0 atom stereocenters. The molecular formula is C18H21NOS. The molecule has 0 N–H and O–H groups in total. The minimum atomic E-state index is 0.123. The van der Waals surface area contributed by atoms with Crippen LogP contribution in [0.5, 0.6) is 0 Å². The number of hydrogen-bond acceptors (Lipinski definition) is 2. The smallest absolute Gasteiger partial charge is 0.255 e. The number of benzene rings is 1. The van der Waals surface area contributed by atoms with Crippen LogP contribution in [0.15, 0.2) is 41.2 Å². The Morgan fingerprint density at radius 1 is 1.14 bits per heavy atom. The summed E-state index contributed by atoms with van der Waals surface area (Å²) >= 11 is 4.26.